The average molecular weight is 408 g/mol. The zero-order chi connectivity index (χ0) is 21.8. The molecule has 2 aromatic rings. The number of esters is 1. The zero-order valence-electron chi connectivity index (χ0n) is 17.3. The van der Waals surface area contributed by atoms with Crippen LogP contribution in [0.4, 0.5) is 0 Å². The summed E-state index contributed by atoms with van der Waals surface area (Å²) < 4.78 is 10.8. The van der Waals surface area contributed by atoms with E-state index in [1.54, 1.807) is 31.2 Å². The van der Waals surface area contributed by atoms with E-state index in [1.165, 1.54) is 0 Å². The van der Waals surface area contributed by atoms with Crippen molar-refractivity contribution in [3.63, 3.8) is 0 Å². The Hall–Kier alpha value is -3.34. The molecule has 0 spiro atoms. The highest BCUT2D eigenvalue weighted by Crippen LogP contribution is 2.16. The molecule has 0 amide bonds. The van der Waals surface area contributed by atoms with Crippen molar-refractivity contribution < 1.29 is 24.2 Å². The fourth-order valence-corrected chi connectivity index (χ4v) is 2.64. The predicted molar refractivity (Wildman–Crippen MR) is 119 cm³/mol. The number of ether oxygens (including phenoxy) is 2. The minimum atomic E-state index is -0.926. The number of benzene rings is 2. The third-order valence-corrected chi connectivity index (χ3v) is 4.39. The van der Waals surface area contributed by atoms with Crippen molar-refractivity contribution in [1.29, 1.82) is 0 Å². The summed E-state index contributed by atoms with van der Waals surface area (Å²) >= 11 is 0. The second-order valence-electron chi connectivity index (χ2n) is 7.01. The second-order valence-corrected chi connectivity index (χ2v) is 7.01. The van der Waals surface area contributed by atoms with E-state index in [0.29, 0.717) is 18.8 Å². The number of carboxylic acids is 1. The molecule has 0 fully saturated rings. The molecule has 0 aliphatic heterocycles. The number of aromatic carboxylic acids is 1. The van der Waals surface area contributed by atoms with Gasteiger partial charge >= 0.3 is 11.9 Å². The van der Waals surface area contributed by atoms with Crippen LogP contribution in [0.15, 0.2) is 60.7 Å². The first kappa shape index (κ1) is 22.9. The maximum Gasteiger partial charge on any atom is 0.335 e. The Morgan fingerprint density at radius 1 is 0.867 bits per heavy atom. The van der Waals surface area contributed by atoms with Crippen molar-refractivity contribution in [3.05, 3.63) is 77.4 Å². The summed E-state index contributed by atoms with van der Waals surface area (Å²) in [6, 6.07) is 14.6. The minimum absolute atomic E-state index is 0.278. The normalized spacial score (nSPS) is 10.7. The molecular formula is C25H28O5. The lowest BCUT2D eigenvalue weighted by atomic mass is 10.1. The standard InChI is InChI=1S/C25H28O5/c1-19(2)25(28)30-18-6-4-3-5-17-29-23-15-11-21(12-16-23)8-7-20-9-13-22(14-10-20)24(26)27/h7-16H,1,3-6,17-18H2,2H3,(H,26,27)/b8-7+. The van der Waals surface area contributed by atoms with Crippen LogP contribution in [-0.4, -0.2) is 30.3 Å². The second kappa shape index (κ2) is 12.3. The summed E-state index contributed by atoms with van der Waals surface area (Å²) in [5.74, 6) is -0.425. The van der Waals surface area contributed by atoms with E-state index in [9.17, 15) is 9.59 Å². The van der Waals surface area contributed by atoms with E-state index in [2.05, 4.69) is 6.58 Å². The number of carbonyl (C=O) groups excluding carboxylic acids is 1. The molecule has 30 heavy (non-hydrogen) atoms. The Morgan fingerprint density at radius 2 is 1.40 bits per heavy atom. The van der Waals surface area contributed by atoms with E-state index in [1.807, 2.05) is 36.4 Å². The van der Waals surface area contributed by atoms with Crippen molar-refractivity contribution in [3.8, 4) is 5.75 Å². The van der Waals surface area contributed by atoms with Crippen molar-refractivity contribution in [2.24, 2.45) is 0 Å². The van der Waals surface area contributed by atoms with Crippen molar-refractivity contribution >= 4 is 24.1 Å². The number of hydrogen-bond acceptors (Lipinski definition) is 4. The zero-order valence-corrected chi connectivity index (χ0v) is 17.3. The number of carbonyl (C=O) groups is 2. The van der Waals surface area contributed by atoms with E-state index >= 15 is 0 Å². The Kier molecular flexibility index (Phi) is 9.38. The molecule has 158 valence electrons. The molecule has 0 heterocycles. The number of hydrogen-bond donors (Lipinski definition) is 1. The Balaban J connectivity index is 1.64. The number of unbranched alkanes of at least 4 members (excludes halogenated alkanes) is 3. The van der Waals surface area contributed by atoms with Gasteiger partial charge in [0.25, 0.3) is 0 Å². The van der Waals surface area contributed by atoms with Crippen LogP contribution in [-0.2, 0) is 9.53 Å². The first-order valence-corrected chi connectivity index (χ1v) is 10.0. The highest BCUT2D eigenvalue weighted by Gasteiger charge is 2.02. The van der Waals surface area contributed by atoms with Crippen molar-refractivity contribution in [1.82, 2.24) is 0 Å². The van der Waals surface area contributed by atoms with Gasteiger partial charge in [0.2, 0.25) is 0 Å². The molecule has 2 aromatic carbocycles. The van der Waals surface area contributed by atoms with Crippen LogP contribution in [0.1, 0.15) is 54.1 Å². The first-order chi connectivity index (χ1) is 14.5. The molecule has 5 heteroatoms. The van der Waals surface area contributed by atoms with Gasteiger partial charge in [-0.1, -0.05) is 43.0 Å². The van der Waals surface area contributed by atoms with Gasteiger partial charge in [-0.3, -0.25) is 0 Å². The molecule has 0 aliphatic carbocycles. The lowest BCUT2D eigenvalue weighted by molar-refractivity contribution is -0.139. The molecule has 1 N–H and O–H groups in total. The topological polar surface area (TPSA) is 72.8 Å². The smallest absolute Gasteiger partial charge is 0.335 e. The molecular weight excluding hydrogens is 380 g/mol. The van der Waals surface area contributed by atoms with Crippen LogP contribution >= 0.6 is 0 Å². The van der Waals surface area contributed by atoms with Gasteiger partial charge in [-0.05, 0) is 68.0 Å². The molecule has 0 aromatic heterocycles. The SMILES string of the molecule is C=C(C)C(=O)OCCCCCCOc1ccc(/C=C/c2ccc(C(=O)O)cc2)cc1. The number of rotatable bonds is 12. The lowest BCUT2D eigenvalue weighted by Gasteiger charge is -2.07. The predicted octanol–water partition coefficient (Wildman–Crippen LogP) is 5.61. The van der Waals surface area contributed by atoms with Gasteiger partial charge in [-0.2, -0.15) is 0 Å². The molecule has 0 saturated carbocycles. The average Bonchev–Trinajstić information content (AvgIpc) is 2.75. The van der Waals surface area contributed by atoms with Gasteiger partial charge in [-0.25, -0.2) is 9.59 Å². The maximum absolute atomic E-state index is 11.2. The summed E-state index contributed by atoms with van der Waals surface area (Å²) in [5, 5.41) is 8.92. The van der Waals surface area contributed by atoms with Crippen LogP contribution < -0.4 is 4.74 Å². The summed E-state index contributed by atoms with van der Waals surface area (Å²) in [6.07, 6.45) is 7.72. The van der Waals surface area contributed by atoms with E-state index < -0.39 is 5.97 Å². The summed E-state index contributed by atoms with van der Waals surface area (Å²) in [7, 11) is 0. The van der Waals surface area contributed by atoms with Gasteiger partial charge in [0.05, 0.1) is 18.8 Å². The maximum atomic E-state index is 11.2. The van der Waals surface area contributed by atoms with Gasteiger partial charge in [0.1, 0.15) is 5.75 Å². The van der Waals surface area contributed by atoms with E-state index in [-0.39, 0.29) is 11.5 Å². The Bertz CT molecular complexity index is 863. The molecule has 2 rings (SSSR count). The largest absolute Gasteiger partial charge is 0.494 e. The first-order valence-electron chi connectivity index (χ1n) is 10.0. The molecule has 0 aliphatic rings. The van der Waals surface area contributed by atoms with Crippen molar-refractivity contribution in [2.75, 3.05) is 13.2 Å². The van der Waals surface area contributed by atoms with Gasteiger partial charge in [0.15, 0.2) is 0 Å². The van der Waals surface area contributed by atoms with E-state index in [0.717, 1.165) is 42.6 Å². The van der Waals surface area contributed by atoms with Gasteiger partial charge < -0.3 is 14.6 Å². The summed E-state index contributed by atoms with van der Waals surface area (Å²) in [4.78, 5) is 22.1. The summed E-state index contributed by atoms with van der Waals surface area (Å²) in [6.45, 7) is 6.28. The molecule has 5 nitrogen and oxygen atoms in total. The van der Waals surface area contributed by atoms with Gasteiger partial charge in [-0.15, -0.1) is 0 Å². The Morgan fingerprint density at radius 3 is 1.93 bits per heavy atom. The molecule has 0 unspecified atom stereocenters. The fraction of sp³-hybridized carbons (Fsp3) is 0.280. The van der Waals surface area contributed by atoms with Crippen LogP contribution in [0.5, 0.6) is 5.75 Å². The minimum Gasteiger partial charge on any atom is -0.494 e. The monoisotopic (exact) mass is 408 g/mol. The highest BCUT2D eigenvalue weighted by atomic mass is 16.5. The lowest BCUT2D eigenvalue weighted by Crippen LogP contribution is -2.06. The van der Waals surface area contributed by atoms with Crippen LogP contribution in [0, 0.1) is 0 Å². The van der Waals surface area contributed by atoms with E-state index in [4.69, 9.17) is 14.6 Å². The summed E-state index contributed by atoms with van der Waals surface area (Å²) in [5.41, 5.74) is 2.68. The Labute approximate surface area is 177 Å². The fourth-order valence-electron chi connectivity index (χ4n) is 2.64. The number of carboxylic acid groups (broad SMARTS) is 1. The molecule has 0 saturated heterocycles. The molecule has 0 radical (unpaired) electrons. The van der Waals surface area contributed by atoms with Crippen LogP contribution in [0.25, 0.3) is 12.2 Å². The quantitative estimate of drug-likeness (QED) is 0.214. The van der Waals surface area contributed by atoms with Crippen molar-refractivity contribution in [2.45, 2.75) is 32.6 Å². The molecule has 0 atom stereocenters. The highest BCUT2D eigenvalue weighted by molar-refractivity contribution is 5.88. The van der Waals surface area contributed by atoms with Crippen LogP contribution in [0.2, 0.25) is 0 Å². The third-order valence-electron chi connectivity index (χ3n) is 4.39. The third kappa shape index (κ3) is 8.35. The van der Waals surface area contributed by atoms with Gasteiger partial charge in [0, 0.05) is 5.57 Å². The van der Waals surface area contributed by atoms with Crippen LogP contribution in [0.3, 0.4) is 0 Å². The molecule has 0 bridgehead atoms.